The molecule has 0 fully saturated rings. The fraction of sp³-hybridized carbons (Fsp3) is 0.273. The Balaban J connectivity index is 1.69. The Bertz CT molecular complexity index is 1160. The molecule has 0 aliphatic heterocycles. The molecule has 0 radical (unpaired) electrons. The van der Waals surface area contributed by atoms with Crippen molar-refractivity contribution in [3.63, 3.8) is 0 Å². The van der Waals surface area contributed by atoms with Gasteiger partial charge < -0.3 is 4.42 Å². The molecule has 0 saturated heterocycles. The number of nitrogens with zero attached hydrogens (tertiary/aromatic N) is 5. The monoisotopic (exact) mass is 439 g/mol. The minimum atomic E-state index is -0.181. The van der Waals surface area contributed by atoms with E-state index in [0.29, 0.717) is 22.6 Å². The van der Waals surface area contributed by atoms with Crippen molar-refractivity contribution >= 4 is 23.4 Å². The summed E-state index contributed by atoms with van der Waals surface area (Å²) >= 11 is 7.57. The zero-order valence-electron chi connectivity index (χ0n) is 17.3. The van der Waals surface area contributed by atoms with Crippen LogP contribution >= 0.6 is 23.4 Å². The van der Waals surface area contributed by atoms with Crippen LogP contribution in [0.25, 0.3) is 17.1 Å². The van der Waals surface area contributed by atoms with Crippen LogP contribution in [0.1, 0.15) is 38.1 Å². The van der Waals surface area contributed by atoms with E-state index in [0.717, 1.165) is 27.8 Å². The minimum Gasteiger partial charge on any atom is -0.424 e. The standard InChI is InChI=1S/C22H22ClN5OS/c1-14-6-5-7-17(12-14)28-19(15-8-10-16(23)11-9-15)25-27-21(28)30-13-18-24-26-20(29-18)22(2,3)4/h5-12H,13H2,1-4H3. The molecular formula is C22H22ClN5OS. The first-order valence-corrected chi connectivity index (χ1v) is 10.9. The molecule has 8 heteroatoms. The highest BCUT2D eigenvalue weighted by molar-refractivity contribution is 7.98. The highest BCUT2D eigenvalue weighted by atomic mass is 35.5. The van der Waals surface area contributed by atoms with E-state index >= 15 is 0 Å². The first-order chi connectivity index (χ1) is 14.3. The molecule has 0 saturated carbocycles. The molecule has 2 heterocycles. The quantitative estimate of drug-likeness (QED) is 0.362. The SMILES string of the molecule is Cc1cccc(-n2c(SCc3nnc(C(C)(C)C)o3)nnc2-c2ccc(Cl)cc2)c1. The number of benzene rings is 2. The Morgan fingerprint density at radius 1 is 1.00 bits per heavy atom. The van der Waals surface area contributed by atoms with Gasteiger partial charge in [0.25, 0.3) is 0 Å². The molecule has 2 aromatic carbocycles. The molecule has 0 aliphatic carbocycles. The average molecular weight is 440 g/mol. The summed E-state index contributed by atoms with van der Waals surface area (Å²) in [5, 5.41) is 18.7. The van der Waals surface area contributed by atoms with E-state index in [4.69, 9.17) is 16.0 Å². The molecule has 6 nitrogen and oxygen atoms in total. The second-order valence-electron chi connectivity index (χ2n) is 8.03. The summed E-state index contributed by atoms with van der Waals surface area (Å²) in [6.45, 7) is 8.20. The van der Waals surface area contributed by atoms with Gasteiger partial charge in [-0.15, -0.1) is 20.4 Å². The van der Waals surface area contributed by atoms with Crippen molar-refractivity contribution in [3.8, 4) is 17.1 Å². The molecule has 4 rings (SSSR count). The zero-order valence-corrected chi connectivity index (χ0v) is 18.8. The molecule has 0 amide bonds. The average Bonchev–Trinajstić information content (AvgIpc) is 3.34. The highest BCUT2D eigenvalue weighted by Gasteiger charge is 2.22. The molecule has 0 N–H and O–H groups in total. The number of aromatic nitrogens is 5. The lowest BCUT2D eigenvalue weighted by atomic mass is 9.97. The van der Waals surface area contributed by atoms with Gasteiger partial charge in [-0.2, -0.15) is 0 Å². The lowest BCUT2D eigenvalue weighted by Crippen LogP contribution is -2.11. The van der Waals surface area contributed by atoms with Gasteiger partial charge >= 0.3 is 0 Å². The molecule has 0 aliphatic rings. The lowest BCUT2D eigenvalue weighted by molar-refractivity contribution is 0.378. The van der Waals surface area contributed by atoms with Crippen LogP contribution in [0.2, 0.25) is 5.02 Å². The van der Waals surface area contributed by atoms with Crippen molar-refractivity contribution in [3.05, 3.63) is 70.9 Å². The number of rotatable bonds is 5. The van der Waals surface area contributed by atoms with E-state index in [2.05, 4.69) is 39.5 Å². The van der Waals surface area contributed by atoms with Gasteiger partial charge in [-0.3, -0.25) is 4.57 Å². The number of hydrogen-bond acceptors (Lipinski definition) is 6. The molecule has 0 atom stereocenters. The van der Waals surface area contributed by atoms with Crippen molar-refractivity contribution in [2.45, 2.75) is 44.0 Å². The number of halogens is 1. The van der Waals surface area contributed by atoms with Gasteiger partial charge in [-0.05, 0) is 48.9 Å². The van der Waals surface area contributed by atoms with Crippen molar-refractivity contribution in [2.75, 3.05) is 0 Å². The molecule has 30 heavy (non-hydrogen) atoms. The van der Waals surface area contributed by atoms with Gasteiger partial charge in [0.1, 0.15) is 0 Å². The van der Waals surface area contributed by atoms with E-state index in [-0.39, 0.29) is 5.41 Å². The number of thioether (sulfide) groups is 1. The maximum atomic E-state index is 6.06. The highest BCUT2D eigenvalue weighted by Crippen LogP contribution is 2.31. The van der Waals surface area contributed by atoms with Crippen molar-refractivity contribution < 1.29 is 4.42 Å². The Morgan fingerprint density at radius 3 is 2.43 bits per heavy atom. The van der Waals surface area contributed by atoms with Crippen LogP contribution in [0.4, 0.5) is 0 Å². The van der Waals surface area contributed by atoms with Crippen LogP contribution in [0.5, 0.6) is 0 Å². The summed E-state index contributed by atoms with van der Waals surface area (Å²) in [7, 11) is 0. The first-order valence-electron chi connectivity index (χ1n) is 9.55. The first kappa shape index (κ1) is 20.6. The van der Waals surface area contributed by atoms with E-state index < -0.39 is 0 Å². The molecule has 4 aromatic rings. The topological polar surface area (TPSA) is 69.6 Å². The van der Waals surface area contributed by atoms with Gasteiger partial charge in [0, 0.05) is 21.7 Å². The number of hydrogen-bond donors (Lipinski definition) is 0. The third kappa shape index (κ3) is 4.42. The second-order valence-corrected chi connectivity index (χ2v) is 9.41. The normalized spacial score (nSPS) is 11.8. The number of aryl methyl sites for hydroxylation is 1. The van der Waals surface area contributed by atoms with Crippen LogP contribution in [-0.2, 0) is 11.2 Å². The van der Waals surface area contributed by atoms with Crippen LogP contribution in [-0.4, -0.2) is 25.0 Å². The zero-order chi connectivity index (χ0) is 21.3. The molecule has 0 spiro atoms. The summed E-state index contributed by atoms with van der Waals surface area (Å²) < 4.78 is 7.87. The fourth-order valence-electron chi connectivity index (χ4n) is 2.89. The van der Waals surface area contributed by atoms with Crippen LogP contribution in [0, 0.1) is 6.92 Å². The summed E-state index contributed by atoms with van der Waals surface area (Å²) in [6, 6.07) is 15.8. The predicted octanol–water partition coefficient (Wildman–Crippen LogP) is 5.87. The largest absolute Gasteiger partial charge is 0.424 e. The summed E-state index contributed by atoms with van der Waals surface area (Å²) in [5.41, 5.74) is 2.91. The molecular weight excluding hydrogens is 418 g/mol. The van der Waals surface area contributed by atoms with Crippen molar-refractivity contribution in [1.82, 2.24) is 25.0 Å². The van der Waals surface area contributed by atoms with Gasteiger partial charge in [-0.1, -0.05) is 56.3 Å². The molecule has 0 bridgehead atoms. The van der Waals surface area contributed by atoms with Gasteiger partial charge in [0.2, 0.25) is 11.8 Å². The summed E-state index contributed by atoms with van der Waals surface area (Å²) in [6.07, 6.45) is 0. The second kappa shape index (κ2) is 8.24. The summed E-state index contributed by atoms with van der Waals surface area (Å²) in [5.74, 6) is 2.45. The Hall–Kier alpha value is -2.64. The van der Waals surface area contributed by atoms with E-state index in [1.54, 1.807) is 0 Å². The van der Waals surface area contributed by atoms with E-state index in [1.807, 2.05) is 61.7 Å². The molecule has 2 aromatic heterocycles. The van der Waals surface area contributed by atoms with Gasteiger partial charge in [0.15, 0.2) is 11.0 Å². The van der Waals surface area contributed by atoms with Crippen LogP contribution < -0.4 is 0 Å². The van der Waals surface area contributed by atoms with E-state index in [1.165, 1.54) is 11.8 Å². The Morgan fingerprint density at radius 2 is 1.77 bits per heavy atom. The molecule has 154 valence electrons. The predicted molar refractivity (Wildman–Crippen MR) is 119 cm³/mol. The van der Waals surface area contributed by atoms with Crippen molar-refractivity contribution in [1.29, 1.82) is 0 Å². The fourth-order valence-corrected chi connectivity index (χ4v) is 3.81. The van der Waals surface area contributed by atoms with Crippen molar-refractivity contribution in [2.24, 2.45) is 0 Å². The molecule has 0 unspecified atom stereocenters. The lowest BCUT2D eigenvalue weighted by Gasteiger charge is -2.11. The third-order valence-electron chi connectivity index (χ3n) is 4.43. The van der Waals surface area contributed by atoms with Gasteiger partial charge in [0.05, 0.1) is 5.75 Å². The maximum Gasteiger partial charge on any atom is 0.226 e. The maximum absolute atomic E-state index is 6.06. The van der Waals surface area contributed by atoms with Crippen LogP contribution in [0.3, 0.4) is 0 Å². The van der Waals surface area contributed by atoms with Gasteiger partial charge in [-0.25, -0.2) is 0 Å². The Labute approximate surface area is 184 Å². The minimum absolute atomic E-state index is 0.181. The summed E-state index contributed by atoms with van der Waals surface area (Å²) in [4.78, 5) is 0. The van der Waals surface area contributed by atoms with Crippen LogP contribution in [0.15, 0.2) is 58.1 Å². The third-order valence-corrected chi connectivity index (χ3v) is 5.59. The Kier molecular flexibility index (Phi) is 5.66. The smallest absolute Gasteiger partial charge is 0.226 e. The van der Waals surface area contributed by atoms with E-state index in [9.17, 15) is 0 Å².